The summed E-state index contributed by atoms with van der Waals surface area (Å²) in [5.74, 6) is 0. The molecule has 0 amide bonds. The maximum absolute atomic E-state index is 9.52. The molecule has 1 aromatic rings. The first-order valence-electron chi connectivity index (χ1n) is 6.51. The van der Waals surface area contributed by atoms with E-state index in [9.17, 15) is 5.11 Å². The van der Waals surface area contributed by atoms with Crippen molar-refractivity contribution in [2.24, 2.45) is 0 Å². The van der Waals surface area contributed by atoms with Gasteiger partial charge >= 0.3 is 0 Å². The minimum Gasteiger partial charge on any atom is -0.394 e. The molecule has 0 saturated heterocycles. The number of nitrogens with one attached hydrogen (secondary N) is 1. The number of rotatable bonds is 8. The second kappa shape index (κ2) is 6.77. The molecule has 0 aliphatic rings. The average Bonchev–Trinajstić information content (AvgIpc) is 2.74. The minimum atomic E-state index is -0.114. The molecular formula is C13H25N3O. The van der Waals surface area contributed by atoms with E-state index in [4.69, 9.17) is 0 Å². The van der Waals surface area contributed by atoms with E-state index in [1.54, 1.807) is 0 Å². The lowest BCUT2D eigenvalue weighted by molar-refractivity contribution is 0.144. The Morgan fingerprint density at radius 1 is 1.47 bits per heavy atom. The first kappa shape index (κ1) is 14.2. The zero-order valence-corrected chi connectivity index (χ0v) is 11.2. The normalized spacial score (nSPS) is 14.8. The summed E-state index contributed by atoms with van der Waals surface area (Å²) in [5, 5.41) is 17.3. The molecule has 1 heterocycles. The van der Waals surface area contributed by atoms with Gasteiger partial charge in [-0.2, -0.15) is 5.10 Å². The Hall–Kier alpha value is -0.870. The summed E-state index contributed by atoms with van der Waals surface area (Å²) < 4.78 is 1.97. The summed E-state index contributed by atoms with van der Waals surface area (Å²) in [6, 6.07) is 2.02. The summed E-state index contributed by atoms with van der Waals surface area (Å²) in [4.78, 5) is 0. The number of likely N-dealkylation sites (N-methyl/N-ethyl adjacent to an activating group) is 1. The minimum absolute atomic E-state index is 0.114. The number of hydrogen-bond donors (Lipinski definition) is 2. The number of aliphatic hydroxyl groups is 1. The topological polar surface area (TPSA) is 50.1 Å². The summed E-state index contributed by atoms with van der Waals surface area (Å²) >= 11 is 0. The van der Waals surface area contributed by atoms with Gasteiger partial charge in [0.25, 0.3) is 0 Å². The monoisotopic (exact) mass is 239 g/mol. The van der Waals surface area contributed by atoms with Crippen LogP contribution >= 0.6 is 0 Å². The highest BCUT2D eigenvalue weighted by Crippen LogP contribution is 2.17. The summed E-state index contributed by atoms with van der Waals surface area (Å²) in [6.45, 7) is 8.22. The fourth-order valence-electron chi connectivity index (χ4n) is 2.18. The highest BCUT2D eigenvalue weighted by molar-refractivity contribution is 4.94. The van der Waals surface area contributed by atoms with Gasteiger partial charge in [0.2, 0.25) is 0 Å². The van der Waals surface area contributed by atoms with Crippen molar-refractivity contribution in [2.75, 3.05) is 13.2 Å². The van der Waals surface area contributed by atoms with Gasteiger partial charge in [0.1, 0.15) is 0 Å². The smallest absolute Gasteiger partial charge is 0.0613 e. The van der Waals surface area contributed by atoms with Crippen LogP contribution in [0.3, 0.4) is 0 Å². The van der Waals surface area contributed by atoms with Crippen LogP contribution in [0.2, 0.25) is 0 Å². The Labute approximate surface area is 104 Å². The number of aliphatic hydroxyl groups excluding tert-OH is 1. The van der Waals surface area contributed by atoms with Crippen LogP contribution in [0, 0.1) is 6.92 Å². The number of hydrogen-bond acceptors (Lipinski definition) is 3. The van der Waals surface area contributed by atoms with Crippen molar-refractivity contribution in [1.82, 2.24) is 15.1 Å². The fourth-order valence-corrected chi connectivity index (χ4v) is 2.18. The van der Waals surface area contributed by atoms with E-state index in [2.05, 4.69) is 24.3 Å². The Morgan fingerprint density at radius 3 is 2.71 bits per heavy atom. The van der Waals surface area contributed by atoms with Gasteiger partial charge in [0, 0.05) is 18.3 Å². The lowest BCUT2D eigenvalue weighted by Gasteiger charge is -2.31. The summed E-state index contributed by atoms with van der Waals surface area (Å²) in [5.41, 5.74) is 0.942. The van der Waals surface area contributed by atoms with Crippen molar-refractivity contribution >= 4 is 0 Å². The van der Waals surface area contributed by atoms with E-state index in [0.29, 0.717) is 0 Å². The van der Waals surface area contributed by atoms with Gasteiger partial charge in [-0.15, -0.1) is 0 Å². The Balaban J connectivity index is 2.41. The van der Waals surface area contributed by atoms with E-state index in [0.717, 1.165) is 38.0 Å². The van der Waals surface area contributed by atoms with Gasteiger partial charge < -0.3 is 10.4 Å². The lowest BCUT2D eigenvalue weighted by Crippen LogP contribution is -2.48. The Morgan fingerprint density at radius 2 is 2.24 bits per heavy atom. The molecule has 1 unspecified atom stereocenters. The number of aromatic nitrogens is 2. The van der Waals surface area contributed by atoms with Crippen molar-refractivity contribution in [1.29, 1.82) is 0 Å². The number of aryl methyl sites for hydroxylation is 2. The SMILES string of the molecule is CCNC(CC)(CO)CCCn1ccc(C)n1. The Kier molecular flexibility index (Phi) is 5.65. The van der Waals surface area contributed by atoms with Gasteiger partial charge in [-0.1, -0.05) is 13.8 Å². The van der Waals surface area contributed by atoms with E-state index >= 15 is 0 Å². The molecule has 0 bridgehead atoms. The standard InChI is InChI=1S/C13H25N3O/c1-4-13(11-17,14-5-2)8-6-9-16-10-7-12(3)15-16/h7,10,14,17H,4-6,8-9,11H2,1-3H3. The molecule has 0 fully saturated rings. The maximum Gasteiger partial charge on any atom is 0.0613 e. The van der Waals surface area contributed by atoms with Crippen LogP contribution in [0.1, 0.15) is 38.8 Å². The predicted octanol–water partition coefficient (Wildman–Crippen LogP) is 1.72. The Bertz CT molecular complexity index is 318. The van der Waals surface area contributed by atoms with Crippen LogP contribution in [0.5, 0.6) is 0 Å². The van der Waals surface area contributed by atoms with Crippen molar-refractivity contribution in [3.8, 4) is 0 Å². The molecule has 0 aliphatic carbocycles. The molecule has 4 nitrogen and oxygen atoms in total. The van der Waals surface area contributed by atoms with Crippen molar-refractivity contribution in [2.45, 2.75) is 52.1 Å². The molecule has 17 heavy (non-hydrogen) atoms. The molecule has 2 N–H and O–H groups in total. The molecule has 0 aliphatic heterocycles. The fraction of sp³-hybridized carbons (Fsp3) is 0.769. The van der Waals surface area contributed by atoms with E-state index in [-0.39, 0.29) is 12.1 Å². The van der Waals surface area contributed by atoms with Crippen molar-refractivity contribution < 1.29 is 5.11 Å². The maximum atomic E-state index is 9.52. The van der Waals surface area contributed by atoms with Crippen LogP contribution in [0.4, 0.5) is 0 Å². The molecule has 1 rings (SSSR count). The van der Waals surface area contributed by atoms with E-state index in [1.807, 2.05) is 23.9 Å². The quantitative estimate of drug-likeness (QED) is 0.726. The summed E-state index contributed by atoms with van der Waals surface area (Å²) in [6.07, 6.45) is 4.97. The highest BCUT2D eigenvalue weighted by Gasteiger charge is 2.25. The molecule has 0 radical (unpaired) electrons. The third-order valence-electron chi connectivity index (χ3n) is 3.35. The van der Waals surface area contributed by atoms with Crippen LogP contribution in [-0.2, 0) is 6.54 Å². The first-order chi connectivity index (χ1) is 8.15. The zero-order chi connectivity index (χ0) is 12.7. The molecule has 4 heteroatoms. The second-order valence-corrected chi connectivity index (χ2v) is 4.65. The predicted molar refractivity (Wildman–Crippen MR) is 70.0 cm³/mol. The molecule has 1 atom stereocenters. The zero-order valence-electron chi connectivity index (χ0n) is 11.2. The van der Waals surface area contributed by atoms with Crippen molar-refractivity contribution in [3.63, 3.8) is 0 Å². The van der Waals surface area contributed by atoms with E-state index in [1.165, 1.54) is 0 Å². The molecular weight excluding hydrogens is 214 g/mol. The van der Waals surface area contributed by atoms with Crippen LogP contribution < -0.4 is 5.32 Å². The first-order valence-corrected chi connectivity index (χ1v) is 6.51. The average molecular weight is 239 g/mol. The largest absolute Gasteiger partial charge is 0.394 e. The highest BCUT2D eigenvalue weighted by atomic mass is 16.3. The number of nitrogens with zero attached hydrogens (tertiary/aromatic N) is 2. The van der Waals surface area contributed by atoms with Crippen LogP contribution in [-0.4, -0.2) is 33.6 Å². The third kappa shape index (κ3) is 4.13. The second-order valence-electron chi connectivity index (χ2n) is 4.65. The molecule has 98 valence electrons. The van der Waals surface area contributed by atoms with Crippen LogP contribution in [0.25, 0.3) is 0 Å². The van der Waals surface area contributed by atoms with Crippen molar-refractivity contribution in [3.05, 3.63) is 18.0 Å². The molecule has 0 spiro atoms. The van der Waals surface area contributed by atoms with Crippen LogP contribution in [0.15, 0.2) is 12.3 Å². The van der Waals surface area contributed by atoms with Gasteiger partial charge in [-0.05, 0) is 38.8 Å². The van der Waals surface area contributed by atoms with Gasteiger partial charge in [-0.25, -0.2) is 0 Å². The summed E-state index contributed by atoms with van der Waals surface area (Å²) in [7, 11) is 0. The van der Waals surface area contributed by atoms with Gasteiger partial charge in [-0.3, -0.25) is 4.68 Å². The molecule has 1 aromatic heterocycles. The van der Waals surface area contributed by atoms with Gasteiger partial charge in [0.05, 0.1) is 12.3 Å². The lowest BCUT2D eigenvalue weighted by atomic mass is 9.91. The van der Waals surface area contributed by atoms with Gasteiger partial charge in [0.15, 0.2) is 0 Å². The molecule has 0 aromatic carbocycles. The van der Waals surface area contributed by atoms with E-state index < -0.39 is 0 Å². The third-order valence-corrected chi connectivity index (χ3v) is 3.35. The molecule has 0 saturated carbocycles.